The third-order valence-electron chi connectivity index (χ3n) is 8.16. The third-order valence-corrected chi connectivity index (χ3v) is 10.2. The molecule has 0 spiro atoms. The molecule has 0 atom stereocenters. The van der Waals surface area contributed by atoms with E-state index in [-0.39, 0.29) is 53.3 Å². The van der Waals surface area contributed by atoms with E-state index in [1.54, 1.807) is 74.5 Å². The van der Waals surface area contributed by atoms with Crippen molar-refractivity contribution in [3.8, 4) is 11.5 Å². The molecule has 8 rings (SSSR count). The zero-order valence-electron chi connectivity index (χ0n) is 34.8. The maximum atomic E-state index is 14.2. The highest BCUT2D eigenvalue weighted by Gasteiger charge is 2.13. The van der Waals surface area contributed by atoms with Crippen LogP contribution in [-0.4, -0.2) is 57.1 Å². The van der Waals surface area contributed by atoms with Crippen molar-refractivity contribution in [1.29, 1.82) is 0 Å². The molecule has 0 amide bonds. The van der Waals surface area contributed by atoms with Crippen molar-refractivity contribution in [1.82, 2.24) is 40.2 Å². The molecule has 9 N–H and O–H groups in total. The molecule has 0 fully saturated rings. The summed E-state index contributed by atoms with van der Waals surface area (Å²) < 4.78 is 93.3. The number of aromatic nitrogens is 8. The van der Waals surface area contributed by atoms with E-state index in [0.29, 0.717) is 57.7 Å². The summed E-state index contributed by atoms with van der Waals surface area (Å²) in [6.07, 6.45) is 1.99. The van der Waals surface area contributed by atoms with Gasteiger partial charge in [0.1, 0.15) is 11.5 Å². The minimum absolute atomic E-state index is 0. The minimum atomic E-state index is -3.87. The Bertz CT molecular complexity index is 3170. The van der Waals surface area contributed by atoms with Gasteiger partial charge in [0.05, 0.1) is 22.2 Å². The van der Waals surface area contributed by atoms with Crippen LogP contribution in [0, 0.1) is 25.5 Å². The van der Waals surface area contributed by atoms with Crippen LogP contribution in [-0.2, 0) is 33.3 Å². The minimum Gasteiger partial charge on any atom is -0.484 e. The molecule has 8 aromatic rings. The molecule has 356 valence electrons. The number of nitrogens with one attached hydrogen (secondary N) is 3. The fourth-order valence-electron chi connectivity index (χ4n) is 5.15. The normalized spacial score (nSPS) is 10.9. The topological polar surface area (TPSA) is 330 Å². The van der Waals surface area contributed by atoms with Crippen LogP contribution in [0.4, 0.5) is 49.1 Å². The van der Waals surface area contributed by atoms with Crippen LogP contribution >= 0.6 is 11.6 Å². The summed E-state index contributed by atoms with van der Waals surface area (Å²) in [7, 11) is -7.48. The Morgan fingerprint density at radius 2 is 1.09 bits per heavy atom. The fourth-order valence-corrected chi connectivity index (χ4v) is 6.41. The molecule has 0 aliphatic carbocycles. The summed E-state index contributed by atoms with van der Waals surface area (Å²) in [5, 5.41) is 25.8. The van der Waals surface area contributed by atoms with Crippen LogP contribution < -0.4 is 41.4 Å². The van der Waals surface area contributed by atoms with Gasteiger partial charge in [-0.15, -0.1) is 0 Å². The standard InChI is InChI=1S/C20H18FN7O4S.C14H11ClFN5O2.C6H8N2O2S.CH4/c1-12-24-18(32-28-12)11-31-15-7-5-13(6-8-15)25-19-17(21)10-23-20(27-19)26-14-3-2-4-16(9-14)33(22,29)30;1-8-18-12(23-21-8)7-22-10-4-2-9(3-5-10)19-13-11(16)6-17-14(15)20-13;7-5-2-1-3-6(4-5)11(8,9)10;/h2-10H,11H2,1H3,(H2,22,29,30)(H2,23,25,26,27);2-6H,7H2,1H3,(H,17,19,20);1-4H,7H2,(H2,8,9,10);1H4. The number of benzene rings is 4. The zero-order chi connectivity index (χ0) is 48.1. The lowest BCUT2D eigenvalue weighted by Gasteiger charge is -2.11. The van der Waals surface area contributed by atoms with Gasteiger partial charge in [0.2, 0.25) is 31.3 Å². The second kappa shape index (κ2) is 23.0. The SMILES string of the molecule is C.Cc1noc(COc2ccc(Nc3nc(Cl)ncc3F)cc2)n1.Cc1noc(COc2ccc(Nc3nc(Nc4cccc(S(N)(=O)=O)c4)ncc3F)cc2)n1.Nc1cccc(S(N)(=O)=O)c1. The van der Waals surface area contributed by atoms with E-state index in [2.05, 4.69) is 56.2 Å². The van der Waals surface area contributed by atoms with E-state index in [9.17, 15) is 25.6 Å². The molecule has 0 saturated heterocycles. The van der Waals surface area contributed by atoms with Crippen molar-refractivity contribution in [2.45, 2.75) is 44.3 Å². The van der Waals surface area contributed by atoms with Gasteiger partial charge in [-0.05, 0) is 110 Å². The number of halogens is 3. The molecule has 0 radical (unpaired) electrons. The summed E-state index contributed by atoms with van der Waals surface area (Å²) in [6, 6.07) is 25.2. The predicted octanol–water partition coefficient (Wildman–Crippen LogP) is 6.86. The van der Waals surface area contributed by atoms with E-state index >= 15 is 0 Å². The van der Waals surface area contributed by atoms with Gasteiger partial charge in [-0.3, -0.25) is 0 Å². The molecule has 0 unspecified atom stereocenters. The van der Waals surface area contributed by atoms with Crippen molar-refractivity contribution in [3.63, 3.8) is 0 Å². The quantitative estimate of drug-likeness (QED) is 0.0479. The molecule has 4 aromatic heterocycles. The number of hydrogen-bond acceptors (Lipinski definition) is 20. The maximum Gasteiger partial charge on any atom is 0.264 e. The number of nitrogen functional groups attached to an aromatic ring is 1. The molecule has 0 aliphatic heterocycles. The highest BCUT2D eigenvalue weighted by molar-refractivity contribution is 7.89. The smallest absolute Gasteiger partial charge is 0.264 e. The van der Waals surface area contributed by atoms with Gasteiger partial charge < -0.3 is 40.2 Å². The molecular formula is C41H41ClF2N14O8S2. The molecule has 4 aromatic carbocycles. The van der Waals surface area contributed by atoms with E-state index in [1.807, 2.05) is 0 Å². The van der Waals surface area contributed by atoms with Gasteiger partial charge in [0.15, 0.2) is 48.1 Å². The van der Waals surface area contributed by atoms with Crippen molar-refractivity contribution in [2.75, 3.05) is 21.7 Å². The Labute approximate surface area is 392 Å². The molecule has 0 bridgehead atoms. The second-order valence-corrected chi connectivity index (χ2v) is 16.8. The molecule has 68 heavy (non-hydrogen) atoms. The Kier molecular flexibility index (Phi) is 17.3. The van der Waals surface area contributed by atoms with Gasteiger partial charge >= 0.3 is 0 Å². The maximum absolute atomic E-state index is 14.2. The fraction of sp³-hybridized carbons (Fsp3) is 0.122. The van der Waals surface area contributed by atoms with Crippen LogP contribution in [0.5, 0.6) is 11.5 Å². The lowest BCUT2D eigenvalue weighted by molar-refractivity contribution is 0.242. The number of primary sulfonamides is 2. The van der Waals surface area contributed by atoms with E-state index < -0.39 is 31.7 Å². The monoisotopic (exact) mass is 994 g/mol. The molecular weight excluding hydrogens is 954 g/mol. The van der Waals surface area contributed by atoms with Crippen molar-refractivity contribution in [2.24, 2.45) is 10.3 Å². The zero-order valence-corrected chi connectivity index (χ0v) is 37.2. The van der Waals surface area contributed by atoms with Gasteiger partial charge in [-0.25, -0.2) is 45.9 Å². The van der Waals surface area contributed by atoms with Gasteiger partial charge in [0.25, 0.3) is 11.8 Å². The van der Waals surface area contributed by atoms with E-state index in [1.165, 1.54) is 36.4 Å². The first kappa shape index (κ1) is 51.1. The van der Waals surface area contributed by atoms with Crippen molar-refractivity contribution < 1.29 is 44.1 Å². The molecule has 0 aliphatic rings. The summed E-state index contributed by atoms with van der Waals surface area (Å²) in [4.78, 5) is 23.4. The molecule has 27 heteroatoms. The lowest BCUT2D eigenvalue weighted by atomic mass is 10.3. The van der Waals surface area contributed by atoms with Crippen LogP contribution in [0.1, 0.15) is 30.9 Å². The van der Waals surface area contributed by atoms with Crippen LogP contribution in [0.2, 0.25) is 5.28 Å². The Hall–Kier alpha value is -7.91. The second-order valence-electron chi connectivity index (χ2n) is 13.4. The van der Waals surface area contributed by atoms with Crippen LogP contribution in [0.3, 0.4) is 0 Å². The summed E-state index contributed by atoms with van der Waals surface area (Å²) >= 11 is 5.64. The summed E-state index contributed by atoms with van der Waals surface area (Å²) in [5.41, 5.74) is 7.27. The summed E-state index contributed by atoms with van der Waals surface area (Å²) in [5.74, 6) is 1.68. The number of hydrogen-bond donors (Lipinski definition) is 6. The average molecular weight is 995 g/mol. The predicted molar refractivity (Wildman–Crippen MR) is 245 cm³/mol. The lowest BCUT2D eigenvalue weighted by Crippen LogP contribution is -2.12. The first-order valence-electron chi connectivity index (χ1n) is 18.9. The number of sulfonamides is 2. The van der Waals surface area contributed by atoms with E-state index in [4.69, 9.17) is 46.1 Å². The van der Waals surface area contributed by atoms with Gasteiger partial charge in [-0.2, -0.15) is 19.9 Å². The van der Waals surface area contributed by atoms with Crippen molar-refractivity contribution >= 4 is 72.0 Å². The molecule has 0 saturated carbocycles. The number of nitrogens with zero attached hydrogens (tertiary/aromatic N) is 8. The first-order chi connectivity index (χ1) is 31.9. The largest absolute Gasteiger partial charge is 0.484 e. The number of nitrogens with two attached hydrogens (primary N) is 3. The Morgan fingerprint density at radius 3 is 1.54 bits per heavy atom. The highest BCUT2D eigenvalue weighted by atomic mass is 35.5. The number of ether oxygens (including phenoxy) is 2. The summed E-state index contributed by atoms with van der Waals surface area (Å²) in [6.45, 7) is 3.73. The first-order valence-corrected chi connectivity index (χ1v) is 22.4. The van der Waals surface area contributed by atoms with Crippen LogP contribution in [0.25, 0.3) is 0 Å². The van der Waals surface area contributed by atoms with Crippen molar-refractivity contribution in [3.05, 3.63) is 150 Å². The molecule has 22 nitrogen and oxygen atoms in total. The average Bonchev–Trinajstić information content (AvgIpc) is 3.92. The third kappa shape index (κ3) is 15.6. The molecule has 4 heterocycles. The Balaban J connectivity index is 0.000000213. The Morgan fingerprint density at radius 1 is 0.618 bits per heavy atom. The van der Waals surface area contributed by atoms with Gasteiger partial charge in [-0.1, -0.05) is 29.9 Å². The van der Waals surface area contributed by atoms with Gasteiger partial charge in [0, 0.05) is 22.7 Å². The van der Waals surface area contributed by atoms with Crippen LogP contribution in [0.15, 0.2) is 128 Å². The number of anilines is 7. The number of rotatable bonds is 14. The number of aryl methyl sites for hydroxylation is 2. The van der Waals surface area contributed by atoms with E-state index in [0.717, 1.165) is 12.4 Å². The highest BCUT2D eigenvalue weighted by Crippen LogP contribution is 2.25.